The molecular formula is C23H38N4O3. The summed E-state index contributed by atoms with van der Waals surface area (Å²) >= 11 is 0. The molecule has 3 rings (SSSR count). The van der Waals surface area contributed by atoms with Gasteiger partial charge in [-0.1, -0.05) is 44.2 Å². The van der Waals surface area contributed by atoms with Gasteiger partial charge < -0.3 is 24.8 Å². The summed E-state index contributed by atoms with van der Waals surface area (Å²) in [5.74, 6) is 1.31. The second-order valence-electron chi connectivity index (χ2n) is 8.62. The first kappa shape index (κ1) is 23.0. The van der Waals surface area contributed by atoms with Crippen LogP contribution in [0.1, 0.15) is 26.3 Å². The SMILES string of the molecule is CCNC(=NCC(O)COCC(C)C)N1CC2OCCN(Cc3ccccc3)C2C1. The van der Waals surface area contributed by atoms with Crippen molar-refractivity contribution >= 4 is 5.96 Å². The van der Waals surface area contributed by atoms with Gasteiger partial charge in [0.25, 0.3) is 0 Å². The number of likely N-dealkylation sites (tertiary alicyclic amines) is 1. The van der Waals surface area contributed by atoms with Gasteiger partial charge in [-0.2, -0.15) is 0 Å². The third kappa shape index (κ3) is 6.67. The Labute approximate surface area is 181 Å². The molecule has 2 heterocycles. The van der Waals surface area contributed by atoms with Crippen LogP contribution in [0, 0.1) is 5.92 Å². The van der Waals surface area contributed by atoms with Crippen molar-refractivity contribution in [2.45, 2.75) is 45.6 Å². The van der Waals surface area contributed by atoms with E-state index >= 15 is 0 Å². The summed E-state index contributed by atoms with van der Waals surface area (Å²) in [6.07, 6.45) is -0.404. The van der Waals surface area contributed by atoms with E-state index in [-0.39, 0.29) is 6.10 Å². The van der Waals surface area contributed by atoms with E-state index in [0.29, 0.717) is 31.7 Å². The number of hydrogen-bond acceptors (Lipinski definition) is 5. The summed E-state index contributed by atoms with van der Waals surface area (Å²) in [6, 6.07) is 11.0. The van der Waals surface area contributed by atoms with Crippen molar-refractivity contribution in [3.8, 4) is 0 Å². The van der Waals surface area contributed by atoms with Gasteiger partial charge in [-0.25, -0.2) is 0 Å². The van der Waals surface area contributed by atoms with E-state index in [1.807, 2.05) is 0 Å². The van der Waals surface area contributed by atoms with Crippen LogP contribution in [-0.2, 0) is 16.0 Å². The van der Waals surface area contributed by atoms with Crippen LogP contribution in [0.5, 0.6) is 0 Å². The Kier molecular flexibility index (Phi) is 8.93. The minimum absolute atomic E-state index is 0.186. The maximum atomic E-state index is 10.2. The van der Waals surface area contributed by atoms with Crippen molar-refractivity contribution < 1.29 is 14.6 Å². The summed E-state index contributed by atoms with van der Waals surface area (Å²) in [7, 11) is 0. The van der Waals surface area contributed by atoms with Gasteiger partial charge in [0, 0.05) is 39.3 Å². The summed E-state index contributed by atoms with van der Waals surface area (Å²) < 4.78 is 11.6. The van der Waals surface area contributed by atoms with E-state index < -0.39 is 6.10 Å². The zero-order valence-corrected chi connectivity index (χ0v) is 18.7. The number of aliphatic hydroxyl groups excluding tert-OH is 1. The standard InChI is InChI=1S/C23H38N4O3/c1-4-24-23(25-12-20(28)17-29-16-18(2)3)27-14-21-22(15-27)30-11-10-26(21)13-19-8-6-5-7-9-19/h5-9,18,20-22,28H,4,10-17H2,1-3H3,(H,24,25). The highest BCUT2D eigenvalue weighted by Gasteiger charge is 2.41. The number of aliphatic hydroxyl groups is 1. The second-order valence-corrected chi connectivity index (χ2v) is 8.62. The number of nitrogens with one attached hydrogen (secondary N) is 1. The van der Waals surface area contributed by atoms with Crippen molar-refractivity contribution in [2.75, 3.05) is 52.5 Å². The molecule has 0 spiro atoms. The molecule has 2 saturated heterocycles. The first-order valence-corrected chi connectivity index (χ1v) is 11.3. The van der Waals surface area contributed by atoms with E-state index in [1.165, 1.54) is 5.56 Å². The largest absolute Gasteiger partial charge is 0.389 e. The fourth-order valence-electron chi connectivity index (χ4n) is 4.06. The molecule has 2 aliphatic heterocycles. The molecule has 30 heavy (non-hydrogen) atoms. The first-order chi connectivity index (χ1) is 14.6. The Morgan fingerprint density at radius 2 is 2.07 bits per heavy atom. The Morgan fingerprint density at radius 3 is 2.80 bits per heavy atom. The van der Waals surface area contributed by atoms with Crippen LogP contribution in [0.15, 0.2) is 35.3 Å². The third-order valence-corrected chi connectivity index (χ3v) is 5.49. The van der Waals surface area contributed by atoms with Crippen LogP contribution in [-0.4, -0.2) is 91.7 Å². The number of morpholine rings is 1. The van der Waals surface area contributed by atoms with Crippen molar-refractivity contribution in [1.82, 2.24) is 15.1 Å². The number of nitrogens with zero attached hydrogens (tertiary/aromatic N) is 3. The van der Waals surface area contributed by atoms with Crippen LogP contribution < -0.4 is 5.32 Å². The molecule has 3 atom stereocenters. The molecule has 7 heteroatoms. The summed E-state index contributed by atoms with van der Waals surface area (Å²) in [4.78, 5) is 9.48. The highest BCUT2D eigenvalue weighted by atomic mass is 16.5. The van der Waals surface area contributed by atoms with Gasteiger partial charge in [-0.3, -0.25) is 9.89 Å². The van der Waals surface area contributed by atoms with Crippen LogP contribution >= 0.6 is 0 Å². The summed E-state index contributed by atoms with van der Waals surface area (Å²) in [5.41, 5.74) is 1.33. The molecule has 7 nitrogen and oxygen atoms in total. The number of benzene rings is 1. The van der Waals surface area contributed by atoms with E-state index in [4.69, 9.17) is 9.47 Å². The van der Waals surface area contributed by atoms with Crippen LogP contribution in [0.25, 0.3) is 0 Å². The van der Waals surface area contributed by atoms with Gasteiger partial charge in [-0.05, 0) is 18.4 Å². The van der Waals surface area contributed by atoms with E-state index in [0.717, 1.165) is 45.3 Å². The van der Waals surface area contributed by atoms with Gasteiger partial charge in [-0.15, -0.1) is 0 Å². The van der Waals surface area contributed by atoms with Crippen LogP contribution in [0.4, 0.5) is 0 Å². The van der Waals surface area contributed by atoms with Crippen LogP contribution in [0.2, 0.25) is 0 Å². The van der Waals surface area contributed by atoms with Gasteiger partial charge in [0.2, 0.25) is 0 Å². The Morgan fingerprint density at radius 1 is 1.27 bits per heavy atom. The molecule has 3 unspecified atom stereocenters. The fraction of sp³-hybridized carbons (Fsp3) is 0.696. The lowest BCUT2D eigenvalue weighted by atomic mass is 10.1. The topological polar surface area (TPSA) is 69.6 Å². The molecule has 0 radical (unpaired) electrons. The van der Waals surface area contributed by atoms with Gasteiger partial charge in [0.1, 0.15) is 0 Å². The van der Waals surface area contributed by atoms with Crippen molar-refractivity contribution in [1.29, 1.82) is 0 Å². The first-order valence-electron chi connectivity index (χ1n) is 11.3. The molecular weight excluding hydrogens is 380 g/mol. The number of hydrogen-bond donors (Lipinski definition) is 2. The van der Waals surface area contributed by atoms with Gasteiger partial charge in [0.05, 0.1) is 38.0 Å². The lowest BCUT2D eigenvalue weighted by Crippen LogP contribution is -2.50. The molecule has 0 saturated carbocycles. The Balaban J connectivity index is 1.58. The predicted octanol–water partition coefficient (Wildman–Crippen LogP) is 1.57. The quantitative estimate of drug-likeness (QED) is 0.469. The van der Waals surface area contributed by atoms with E-state index in [2.05, 4.69) is 71.2 Å². The number of guanidine groups is 1. The fourth-order valence-corrected chi connectivity index (χ4v) is 4.06. The van der Waals surface area contributed by atoms with Crippen molar-refractivity contribution in [2.24, 2.45) is 10.9 Å². The molecule has 2 N–H and O–H groups in total. The summed E-state index contributed by atoms with van der Waals surface area (Å²) in [6.45, 7) is 12.7. The zero-order chi connectivity index (χ0) is 21.3. The molecule has 0 aliphatic carbocycles. The third-order valence-electron chi connectivity index (χ3n) is 5.49. The lowest BCUT2D eigenvalue weighted by molar-refractivity contribution is -0.0502. The molecule has 0 amide bonds. The van der Waals surface area contributed by atoms with E-state index in [9.17, 15) is 5.11 Å². The average Bonchev–Trinajstić information content (AvgIpc) is 3.17. The monoisotopic (exact) mass is 418 g/mol. The Hall–Kier alpha value is -1.67. The normalized spacial score (nSPS) is 23.6. The highest BCUT2D eigenvalue weighted by molar-refractivity contribution is 5.80. The molecule has 1 aromatic rings. The molecule has 2 fully saturated rings. The molecule has 0 aromatic heterocycles. The maximum absolute atomic E-state index is 10.2. The molecule has 1 aromatic carbocycles. The van der Waals surface area contributed by atoms with E-state index in [1.54, 1.807) is 0 Å². The predicted molar refractivity (Wildman–Crippen MR) is 120 cm³/mol. The maximum Gasteiger partial charge on any atom is 0.194 e. The van der Waals surface area contributed by atoms with Crippen molar-refractivity contribution in [3.63, 3.8) is 0 Å². The minimum Gasteiger partial charge on any atom is -0.389 e. The number of fused-ring (bicyclic) bond motifs is 1. The van der Waals surface area contributed by atoms with Gasteiger partial charge >= 0.3 is 0 Å². The zero-order valence-electron chi connectivity index (χ0n) is 18.7. The highest BCUT2D eigenvalue weighted by Crippen LogP contribution is 2.24. The number of rotatable bonds is 9. The minimum atomic E-state index is -0.590. The second kappa shape index (κ2) is 11.6. The summed E-state index contributed by atoms with van der Waals surface area (Å²) in [5, 5.41) is 13.6. The molecule has 0 bridgehead atoms. The Bertz CT molecular complexity index is 655. The van der Waals surface area contributed by atoms with Gasteiger partial charge in [0.15, 0.2) is 5.96 Å². The van der Waals surface area contributed by atoms with Crippen LogP contribution in [0.3, 0.4) is 0 Å². The van der Waals surface area contributed by atoms with Crippen molar-refractivity contribution in [3.05, 3.63) is 35.9 Å². The molecule has 168 valence electrons. The number of ether oxygens (including phenoxy) is 2. The smallest absolute Gasteiger partial charge is 0.194 e. The molecule has 2 aliphatic rings. The lowest BCUT2D eigenvalue weighted by Gasteiger charge is -2.36. The number of aliphatic imine (C=N–C) groups is 1. The average molecular weight is 419 g/mol.